The van der Waals surface area contributed by atoms with Crippen LogP contribution in [-0.4, -0.2) is 9.97 Å². The summed E-state index contributed by atoms with van der Waals surface area (Å²) in [5.74, 6) is -0.0457. The molecule has 0 amide bonds. The number of hydrogen-bond donors (Lipinski definition) is 0. The number of benzene rings is 2. The van der Waals surface area contributed by atoms with Crippen LogP contribution in [0.2, 0.25) is 5.15 Å². The molecule has 0 aliphatic heterocycles. The van der Waals surface area contributed by atoms with E-state index in [0.29, 0.717) is 16.5 Å². The molecule has 0 aliphatic rings. The van der Waals surface area contributed by atoms with Gasteiger partial charge in [-0.25, -0.2) is 14.4 Å². The van der Waals surface area contributed by atoms with Gasteiger partial charge in [0.2, 0.25) is 0 Å². The molecule has 2 aromatic carbocycles. The highest BCUT2D eigenvalue weighted by molar-refractivity contribution is 9.10. The molecule has 0 N–H and O–H groups in total. The van der Waals surface area contributed by atoms with Gasteiger partial charge in [-0.15, -0.1) is 0 Å². The predicted octanol–water partition coefficient (Wildman–Crippen LogP) is 5.47. The summed E-state index contributed by atoms with van der Waals surface area (Å²) in [7, 11) is 0. The van der Waals surface area contributed by atoms with Crippen molar-refractivity contribution in [1.29, 1.82) is 0 Å². The van der Waals surface area contributed by atoms with Crippen molar-refractivity contribution in [2.45, 2.75) is 13.8 Å². The summed E-state index contributed by atoms with van der Waals surface area (Å²) in [5.41, 5.74) is 2.89. The number of aryl methyl sites for hydroxylation is 2. The van der Waals surface area contributed by atoms with Crippen LogP contribution in [0.25, 0.3) is 22.3 Å². The van der Waals surface area contributed by atoms with E-state index in [9.17, 15) is 4.39 Å². The Kier molecular flexibility index (Phi) is 3.68. The zero-order chi connectivity index (χ0) is 15.1. The number of halogens is 3. The van der Waals surface area contributed by atoms with E-state index in [2.05, 4.69) is 25.9 Å². The average Bonchev–Trinajstić information content (AvgIpc) is 2.40. The second-order valence-electron chi connectivity index (χ2n) is 4.94. The minimum atomic E-state index is -0.347. The summed E-state index contributed by atoms with van der Waals surface area (Å²) in [4.78, 5) is 8.72. The normalized spacial score (nSPS) is 11.1. The lowest BCUT2D eigenvalue weighted by Crippen LogP contribution is -1.96. The largest absolute Gasteiger partial charge is 0.227 e. The number of hydrogen-bond acceptors (Lipinski definition) is 2. The average molecular weight is 366 g/mol. The number of fused-ring (bicyclic) bond motifs is 1. The zero-order valence-corrected chi connectivity index (χ0v) is 13.8. The van der Waals surface area contributed by atoms with Gasteiger partial charge in [0, 0.05) is 9.86 Å². The monoisotopic (exact) mass is 364 g/mol. The molecule has 3 aromatic rings. The van der Waals surface area contributed by atoms with E-state index in [1.807, 2.05) is 32.0 Å². The topological polar surface area (TPSA) is 25.8 Å². The van der Waals surface area contributed by atoms with Crippen molar-refractivity contribution in [1.82, 2.24) is 9.97 Å². The predicted molar refractivity (Wildman–Crippen MR) is 87.1 cm³/mol. The quantitative estimate of drug-likeness (QED) is 0.534. The van der Waals surface area contributed by atoms with Gasteiger partial charge in [-0.3, -0.25) is 0 Å². The smallest absolute Gasteiger partial charge is 0.164 e. The van der Waals surface area contributed by atoms with Crippen molar-refractivity contribution >= 4 is 38.4 Å². The molecule has 21 heavy (non-hydrogen) atoms. The molecule has 0 spiro atoms. The van der Waals surface area contributed by atoms with E-state index in [-0.39, 0.29) is 5.82 Å². The number of nitrogens with zero attached hydrogens (tertiary/aromatic N) is 2. The Hall–Kier alpha value is -1.52. The van der Waals surface area contributed by atoms with Gasteiger partial charge in [0.1, 0.15) is 11.0 Å². The van der Waals surface area contributed by atoms with Gasteiger partial charge in [-0.2, -0.15) is 0 Å². The molecule has 5 heteroatoms. The van der Waals surface area contributed by atoms with Crippen LogP contribution < -0.4 is 0 Å². The maximum atomic E-state index is 14.1. The molecule has 0 saturated heterocycles. The molecule has 0 aliphatic carbocycles. The summed E-state index contributed by atoms with van der Waals surface area (Å²) in [5, 5.41) is 1.07. The fourth-order valence-corrected chi connectivity index (χ4v) is 3.04. The molecule has 2 nitrogen and oxygen atoms in total. The van der Waals surface area contributed by atoms with Crippen LogP contribution in [0.4, 0.5) is 4.39 Å². The van der Waals surface area contributed by atoms with Crippen molar-refractivity contribution in [2.75, 3.05) is 0 Å². The van der Waals surface area contributed by atoms with Crippen molar-refractivity contribution < 1.29 is 4.39 Å². The molecule has 106 valence electrons. The molecule has 0 atom stereocenters. The van der Waals surface area contributed by atoms with Crippen LogP contribution in [0.3, 0.4) is 0 Å². The zero-order valence-electron chi connectivity index (χ0n) is 11.4. The van der Waals surface area contributed by atoms with Crippen LogP contribution in [0.1, 0.15) is 11.1 Å². The first-order valence-electron chi connectivity index (χ1n) is 6.35. The molecule has 0 radical (unpaired) electrons. The Morgan fingerprint density at radius 1 is 1.10 bits per heavy atom. The van der Waals surface area contributed by atoms with E-state index in [1.165, 1.54) is 6.07 Å². The van der Waals surface area contributed by atoms with E-state index in [4.69, 9.17) is 11.6 Å². The van der Waals surface area contributed by atoms with Crippen LogP contribution >= 0.6 is 27.5 Å². The number of aromatic nitrogens is 2. The van der Waals surface area contributed by atoms with Gasteiger partial charge in [-0.1, -0.05) is 33.6 Å². The van der Waals surface area contributed by atoms with Crippen LogP contribution in [0.5, 0.6) is 0 Å². The highest BCUT2D eigenvalue weighted by Crippen LogP contribution is 2.30. The fraction of sp³-hybridized carbons (Fsp3) is 0.125. The maximum absolute atomic E-state index is 14.1. The second kappa shape index (κ2) is 5.35. The van der Waals surface area contributed by atoms with Gasteiger partial charge in [0.15, 0.2) is 5.82 Å². The summed E-state index contributed by atoms with van der Waals surface area (Å²) in [6, 6.07) is 8.77. The first-order valence-corrected chi connectivity index (χ1v) is 7.53. The first kappa shape index (κ1) is 14.4. The third kappa shape index (κ3) is 2.65. The maximum Gasteiger partial charge on any atom is 0.164 e. The minimum Gasteiger partial charge on any atom is -0.227 e. The lowest BCUT2D eigenvalue weighted by atomic mass is 10.1. The van der Waals surface area contributed by atoms with Gasteiger partial charge in [-0.05, 0) is 49.2 Å². The summed E-state index contributed by atoms with van der Waals surface area (Å²) in [6.45, 7) is 3.77. The second-order valence-corrected chi connectivity index (χ2v) is 6.21. The van der Waals surface area contributed by atoms with Crippen molar-refractivity contribution in [2.24, 2.45) is 0 Å². The van der Waals surface area contributed by atoms with Crippen LogP contribution in [0, 0.1) is 19.7 Å². The lowest BCUT2D eigenvalue weighted by Gasteiger charge is -2.08. The van der Waals surface area contributed by atoms with Crippen molar-refractivity contribution in [3.63, 3.8) is 0 Å². The van der Waals surface area contributed by atoms with Gasteiger partial charge >= 0.3 is 0 Å². The molecule has 1 aromatic heterocycles. The molecule has 3 rings (SSSR count). The Morgan fingerprint density at radius 3 is 2.57 bits per heavy atom. The molecule has 0 saturated carbocycles. The summed E-state index contributed by atoms with van der Waals surface area (Å²) in [6.07, 6.45) is 0. The molecular formula is C16H11BrClFN2. The Bertz CT molecular complexity index is 865. The Morgan fingerprint density at radius 2 is 1.86 bits per heavy atom. The van der Waals surface area contributed by atoms with E-state index >= 15 is 0 Å². The Balaban J connectivity index is 2.30. The van der Waals surface area contributed by atoms with Gasteiger partial charge in [0.25, 0.3) is 0 Å². The fourth-order valence-electron chi connectivity index (χ4n) is 2.25. The summed E-state index contributed by atoms with van der Waals surface area (Å²) < 4.78 is 15.0. The highest BCUT2D eigenvalue weighted by atomic mass is 79.9. The lowest BCUT2D eigenvalue weighted by molar-refractivity contribution is 0.629. The third-order valence-electron chi connectivity index (χ3n) is 3.27. The summed E-state index contributed by atoms with van der Waals surface area (Å²) >= 11 is 9.67. The van der Waals surface area contributed by atoms with Gasteiger partial charge in [0.05, 0.1) is 11.1 Å². The SMILES string of the molecule is Cc1ccc(-c2nc(Cl)c3cc(Br)cc(C)c3n2)c(F)c1. The highest BCUT2D eigenvalue weighted by Gasteiger charge is 2.13. The molecule has 0 unspecified atom stereocenters. The Labute approximate surface area is 135 Å². The minimum absolute atomic E-state index is 0.301. The molecule has 0 bridgehead atoms. The van der Waals surface area contributed by atoms with Gasteiger partial charge < -0.3 is 0 Å². The standard InChI is InChI=1S/C16H11BrClFN2/c1-8-3-4-11(13(19)5-8)16-20-14-9(2)6-10(17)7-12(14)15(18)21-16/h3-7H,1-2H3. The van der Waals surface area contributed by atoms with Crippen molar-refractivity contribution in [3.05, 3.63) is 56.9 Å². The van der Waals surface area contributed by atoms with E-state index in [1.54, 1.807) is 6.07 Å². The van der Waals surface area contributed by atoms with Crippen LogP contribution in [0.15, 0.2) is 34.8 Å². The molecular weight excluding hydrogens is 355 g/mol. The molecule has 0 fully saturated rings. The number of rotatable bonds is 1. The van der Waals surface area contributed by atoms with E-state index in [0.717, 1.165) is 26.5 Å². The van der Waals surface area contributed by atoms with Crippen LogP contribution in [-0.2, 0) is 0 Å². The van der Waals surface area contributed by atoms with Crippen molar-refractivity contribution in [3.8, 4) is 11.4 Å². The molecule has 1 heterocycles. The third-order valence-corrected chi connectivity index (χ3v) is 4.02. The van der Waals surface area contributed by atoms with E-state index < -0.39 is 0 Å². The first-order chi connectivity index (χ1) is 9.95.